The standard InChI is InChI=1S/C15H20N2O3/c1-5-11-14(18)17(10(4)15(19)20)13-7-9(3)8(2)6-12(13)16-11/h6-7,10-11,16H,5H2,1-4H3,(H,19,20). The number of hydrogen-bond acceptors (Lipinski definition) is 3. The van der Waals surface area contributed by atoms with Crippen LogP contribution >= 0.6 is 0 Å². The number of fused-ring (bicyclic) bond motifs is 1. The van der Waals surface area contributed by atoms with Crippen LogP contribution in [0, 0.1) is 13.8 Å². The van der Waals surface area contributed by atoms with Gasteiger partial charge in [-0.15, -0.1) is 0 Å². The highest BCUT2D eigenvalue weighted by atomic mass is 16.4. The molecule has 1 aromatic rings. The predicted octanol–water partition coefficient (Wildman–Crippen LogP) is 2.31. The second-order valence-corrected chi connectivity index (χ2v) is 5.28. The number of rotatable bonds is 3. The molecule has 5 heteroatoms. The fourth-order valence-corrected chi connectivity index (χ4v) is 2.44. The molecule has 2 atom stereocenters. The Morgan fingerprint density at radius 2 is 2.00 bits per heavy atom. The van der Waals surface area contributed by atoms with Gasteiger partial charge in [0.2, 0.25) is 5.91 Å². The summed E-state index contributed by atoms with van der Waals surface area (Å²) in [6.07, 6.45) is 0.619. The Kier molecular flexibility index (Phi) is 3.70. The van der Waals surface area contributed by atoms with Gasteiger partial charge >= 0.3 is 5.97 Å². The lowest BCUT2D eigenvalue weighted by molar-refractivity contribution is -0.139. The Morgan fingerprint density at radius 3 is 2.55 bits per heavy atom. The zero-order valence-corrected chi connectivity index (χ0v) is 12.2. The maximum absolute atomic E-state index is 12.5. The van der Waals surface area contributed by atoms with Crippen LogP contribution in [-0.2, 0) is 9.59 Å². The van der Waals surface area contributed by atoms with Gasteiger partial charge in [-0.25, -0.2) is 4.79 Å². The molecule has 2 rings (SSSR count). The number of carbonyl (C=O) groups is 2. The first-order valence-electron chi connectivity index (χ1n) is 6.80. The molecule has 1 aromatic carbocycles. The Hall–Kier alpha value is -2.04. The normalized spacial score (nSPS) is 19.3. The van der Waals surface area contributed by atoms with Gasteiger partial charge < -0.3 is 10.4 Å². The van der Waals surface area contributed by atoms with Crippen molar-refractivity contribution < 1.29 is 14.7 Å². The lowest BCUT2D eigenvalue weighted by Gasteiger charge is -2.37. The molecular formula is C15H20N2O3. The Bertz CT molecular complexity index is 568. The quantitative estimate of drug-likeness (QED) is 0.889. The minimum absolute atomic E-state index is 0.182. The molecule has 0 saturated carbocycles. The number of nitrogens with one attached hydrogen (secondary N) is 1. The molecule has 0 spiro atoms. The summed E-state index contributed by atoms with van der Waals surface area (Å²) in [6.45, 7) is 7.40. The van der Waals surface area contributed by atoms with Crippen molar-refractivity contribution in [3.05, 3.63) is 23.3 Å². The van der Waals surface area contributed by atoms with E-state index < -0.39 is 12.0 Å². The first-order valence-corrected chi connectivity index (χ1v) is 6.80. The molecule has 2 N–H and O–H groups in total. The topological polar surface area (TPSA) is 69.6 Å². The van der Waals surface area contributed by atoms with E-state index in [1.165, 1.54) is 11.8 Å². The first kappa shape index (κ1) is 14.4. The summed E-state index contributed by atoms with van der Waals surface area (Å²) >= 11 is 0. The molecular weight excluding hydrogens is 256 g/mol. The summed E-state index contributed by atoms with van der Waals surface area (Å²) in [7, 11) is 0. The highest BCUT2D eigenvalue weighted by Crippen LogP contribution is 2.35. The number of aryl methyl sites for hydroxylation is 2. The average molecular weight is 276 g/mol. The number of benzene rings is 1. The zero-order chi connectivity index (χ0) is 15.0. The molecule has 1 heterocycles. The van der Waals surface area contributed by atoms with E-state index >= 15 is 0 Å². The van der Waals surface area contributed by atoms with Crippen molar-refractivity contribution in [3.8, 4) is 0 Å². The minimum Gasteiger partial charge on any atom is -0.480 e. The maximum Gasteiger partial charge on any atom is 0.326 e. The average Bonchev–Trinajstić information content (AvgIpc) is 2.39. The number of carbonyl (C=O) groups excluding carboxylic acids is 1. The first-order chi connectivity index (χ1) is 9.36. The molecule has 1 aliphatic heterocycles. The van der Waals surface area contributed by atoms with E-state index in [-0.39, 0.29) is 11.9 Å². The molecule has 0 fully saturated rings. The number of nitrogens with zero attached hydrogens (tertiary/aromatic N) is 1. The van der Waals surface area contributed by atoms with Crippen LogP contribution in [0.15, 0.2) is 12.1 Å². The van der Waals surface area contributed by atoms with Crippen LogP contribution in [0.2, 0.25) is 0 Å². The van der Waals surface area contributed by atoms with E-state index in [1.54, 1.807) is 0 Å². The number of hydrogen-bond donors (Lipinski definition) is 2. The van der Waals surface area contributed by atoms with Gasteiger partial charge in [0.25, 0.3) is 0 Å². The number of carboxylic acids is 1. The largest absolute Gasteiger partial charge is 0.480 e. The predicted molar refractivity (Wildman–Crippen MR) is 78.2 cm³/mol. The molecule has 20 heavy (non-hydrogen) atoms. The van der Waals surface area contributed by atoms with E-state index in [2.05, 4.69) is 5.32 Å². The molecule has 0 aromatic heterocycles. The van der Waals surface area contributed by atoms with Crippen molar-refractivity contribution in [2.24, 2.45) is 0 Å². The number of aliphatic carboxylic acids is 1. The third kappa shape index (κ3) is 2.24. The van der Waals surface area contributed by atoms with E-state index in [4.69, 9.17) is 0 Å². The molecule has 1 aliphatic rings. The molecule has 5 nitrogen and oxygen atoms in total. The number of anilines is 2. The van der Waals surface area contributed by atoms with Crippen LogP contribution in [0.3, 0.4) is 0 Å². The fourth-order valence-electron chi connectivity index (χ4n) is 2.44. The van der Waals surface area contributed by atoms with Crippen LogP contribution in [-0.4, -0.2) is 29.1 Å². The van der Waals surface area contributed by atoms with Gasteiger partial charge in [-0.05, 0) is 50.5 Å². The van der Waals surface area contributed by atoms with Crippen molar-refractivity contribution in [2.75, 3.05) is 10.2 Å². The SMILES string of the molecule is CCC1Nc2cc(C)c(C)cc2N(C(C)C(=O)O)C1=O. The summed E-state index contributed by atoms with van der Waals surface area (Å²) in [6, 6.07) is 2.60. The number of carboxylic acid groups (broad SMARTS) is 1. The zero-order valence-electron chi connectivity index (χ0n) is 12.2. The van der Waals surface area contributed by atoms with Gasteiger partial charge in [-0.3, -0.25) is 9.69 Å². The van der Waals surface area contributed by atoms with Crippen LogP contribution in [0.25, 0.3) is 0 Å². The highest BCUT2D eigenvalue weighted by Gasteiger charge is 2.37. The van der Waals surface area contributed by atoms with E-state index in [1.807, 2.05) is 32.9 Å². The lowest BCUT2D eigenvalue weighted by atomic mass is 10.0. The number of amides is 1. The van der Waals surface area contributed by atoms with Crippen LogP contribution in [0.4, 0.5) is 11.4 Å². The Labute approximate surface area is 118 Å². The third-order valence-corrected chi connectivity index (χ3v) is 3.89. The molecule has 0 radical (unpaired) electrons. The van der Waals surface area contributed by atoms with Gasteiger partial charge in [-0.2, -0.15) is 0 Å². The molecule has 1 amide bonds. The summed E-state index contributed by atoms with van der Waals surface area (Å²) in [5.74, 6) is -1.18. The van der Waals surface area contributed by atoms with Gasteiger partial charge in [-0.1, -0.05) is 6.92 Å². The summed E-state index contributed by atoms with van der Waals surface area (Å²) < 4.78 is 0. The lowest BCUT2D eigenvalue weighted by Crippen LogP contribution is -2.53. The van der Waals surface area contributed by atoms with Crippen LogP contribution < -0.4 is 10.2 Å². The second-order valence-electron chi connectivity index (χ2n) is 5.28. The van der Waals surface area contributed by atoms with Crippen molar-refractivity contribution in [3.63, 3.8) is 0 Å². The molecule has 0 aliphatic carbocycles. The van der Waals surface area contributed by atoms with Crippen LogP contribution in [0.5, 0.6) is 0 Å². The van der Waals surface area contributed by atoms with E-state index in [0.29, 0.717) is 12.1 Å². The van der Waals surface area contributed by atoms with Crippen molar-refractivity contribution >= 4 is 23.3 Å². The molecule has 2 unspecified atom stereocenters. The summed E-state index contributed by atoms with van der Waals surface area (Å²) in [4.78, 5) is 25.1. The van der Waals surface area contributed by atoms with Crippen LogP contribution in [0.1, 0.15) is 31.4 Å². The second kappa shape index (κ2) is 5.15. The van der Waals surface area contributed by atoms with E-state index in [9.17, 15) is 14.7 Å². The molecule has 0 saturated heterocycles. The smallest absolute Gasteiger partial charge is 0.326 e. The maximum atomic E-state index is 12.5. The monoisotopic (exact) mass is 276 g/mol. The van der Waals surface area contributed by atoms with E-state index in [0.717, 1.165) is 16.8 Å². The highest BCUT2D eigenvalue weighted by molar-refractivity contribution is 6.08. The third-order valence-electron chi connectivity index (χ3n) is 3.89. The van der Waals surface area contributed by atoms with Gasteiger partial charge in [0.05, 0.1) is 11.4 Å². The molecule has 108 valence electrons. The fraction of sp³-hybridized carbons (Fsp3) is 0.467. The Balaban J connectivity index is 2.58. The van der Waals surface area contributed by atoms with Crippen molar-refractivity contribution in [1.29, 1.82) is 0 Å². The van der Waals surface area contributed by atoms with Gasteiger partial charge in [0.15, 0.2) is 0 Å². The van der Waals surface area contributed by atoms with Crippen molar-refractivity contribution in [2.45, 2.75) is 46.2 Å². The Morgan fingerprint density at radius 1 is 1.40 bits per heavy atom. The van der Waals surface area contributed by atoms with Crippen molar-refractivity contribution in [1.82, 2.24) is 0 Å². The van der Waals surface area contributed by atoms with Gasteiger partial charge in [0.1, 0.15) is 12.1 Å². The minimum atomic E-state index is -1.00. The summed E-state index contributed by atoms with van der Waals surface area (Å²) in [5.41, 5.74) is 3.63. The summed E-state index contributed by atoms with van der Waals surface area (Å²) in [5, 5.41) is 12.5. The van der Waals surface area contributed by atoms with Gasteiger partial charge in [0, 0.05) is 0 Å². The molecule has 0 bridgehead atoms.